The van der Waals surface area contributed by atoms with Gasteiger partial charge in [-0.05, 0) is 42.2 Å². The largest absolute Gasteiger partial charge is 0.324 e. The lowest BCUT2D eigenvalue weighted by atomic mass is 10.2. The van der Waals surface area contributed by atoms with E-state index in [1.54, 1.807) is 41.7 Å². The molecule has 0 aliphatic heterocycles. The van der Waals surface area contributed by atoms with Crippen molar-refractivity contribution < 1.29 is 4.79 Å². The smallest absolute Gasteiger partial charge is 0.234 e. The quantitative estimate of drug-likeness (QED) is 0.671. The highest BCUT2D eigenvalue weighted by Gasteiger charge is 2.07. The van der Waals surface area contributed by atoms with Gasteiger partial charge in [0.05, 0.1) is 16.5 Å². The van der Waals surface area contributed by atoms with Crippen LogP contribution >= 0.6 is 46.7 Å². The number of carbonyl (C=O) groups excluding carboxylic acids is 1. The fourth-order valence-corrected chi connectivity index (χ4v) is 3.30. The van der Waals surface area contributed by atoms with Crippen LogP contribution in [-0.2, 0) is 10.5 Å². The van der Waals surface area contributed by atoms with Gasteiger partial charge in [0, 0.05) is 15.7 Å². The van der Waals surface area contributed by atoms with Gasteiger partial charge in [-0.2, -0.15) is 0 Å². The summed E-state index contributed by atoms with van der Waals surface area (Å²) in [6.45, 7) is 0. The number of rotatable bonds is 6. The Labute approximate surface area is 149 Å². The minimum absolute atomic E-state index is 0.0881. The summed E-state index contributed by atoms with van der Waals surface area (Å²) in [5.41, 5.74) is 1.75. The van der Waals surface area contributed by atoms with Gasteiger partial charge in [-0.3, -0.25) is 4.79 Å². The monoisotopic (exact) mass is 371 g/mol. The van der Waals surface area contributed by atoms with Crippen LogP contribution in [0.3, 0.4) is 0 Å². The molecule has 0 radical (unpaired) electrons. The standard InChI is InChI=1S/C16H15Cl2NOS2/c1-21-13-5-2-11(3-6-13)9-22-10-16(20)19-15-8-12(17)4-7-14(15)18/h2-8H,9-10H2,1H3,(H,19,20). The highest BCUT2D eigenvalue weighted by atomic mass is 35.5. The van der Waals surface area contributed by atoms with E-state index in [1.807, 2.05) is 0 Å². The maximum atomic E-state index is 11.9. The molecule has 1 amide bonds. The molecule has 0 unspecified atom stereocenters. The minimum atomic E-state index is -0.0881. The first-order valence-corrected chi connectivity index (χ1v) is 9.67. The zero-order valence-corrected chi connectivity index (χ0v) is 15.1. The molecule has 0 saturated carbocycles. The average Bonchev–Trinajstić information content (AvgIpc) is 2.51. The van der Waals surface area contributed by atoms with E-state index in [1.165, 1.54) is 10.5 Å². The molecule has 2 aromatic rings. The zero-order valence-electron chi connectivity index (χ0n) is 11.9. The summed E-state index contributed by atoms with van der Waals surface area (Å²) in [5, 5.41) is 3.80. The van der Waals surface area contributed by atoms with Crippen LogP contribution in [0.25, 0.3) is 0 Å². The third-order valence-corrected chi connectivity index (χ3v) is 5.18. The zero-order chi connectivity index (χ0) is 15.9. The Morgan fingerprint density at radius 1 is 1.14 bits per heavy atom. The van der Waals surface area contributed by atoms with Crippen LogP contribution < -0.4 is 5.32 Å². The molecule has 0 aromatic heterocycles. The molecule has 1 N–H and O–H groups in total. The number of nitrogens with one attached hydrogen (secondary N) is 1. The Kier molecular flexibility index (Phi) is 6.96. The van der Waals surface area contributed by atoms with E-state index in [4.69, 9.17) is 23.2 Å². The van der Waals surface area contributed by atoms with Crippen LogP contribution in [0, 0.1) is 0 Å². The second-order valence-corrected chi connectivity index (χ2v) is 7.22. The van der Waals surface area contributed by atoms with Gasteiger partial charge in [-0.25, -0.2) is 0 Å². The SMILES string of the molecule is CSc1ccc(CSCC(=O)Nc2cc(Cl)ccc2Cl)cc1. The molecule has 0 atom stereocenters. The molecule has 2 rings (SSSR count). The topological polar surface area (TPSA) is 29.1 Å². The first kappa shape index (κ1) is 17.5. The predicted octanol–water partition coefficient (Wildman–Crippen LogP) is 5.59. The number of halogens is 2. The Morgan fingerprint density at radius 2 is 1.86 bits per heavy atom. The van der Waals surface area contributed by atoms with Crippen molar-refractivity contribution in [2.45, 2.75) is 10.6 Å². The second-order valence-electron chi connectivity index (χ2n) is 4.51. The van der Waals surface area contributed by atoms with Crippen molar-refractivity contribution in [3.63, 3.8) is 0 Å². The Morgan fingerprint density at radius 3 is 2.55 bits per heavy atom. The lowest BCUT2D eigenvalue weighted by Crippen LogP contribution is -2.14. The Balaban J connectivity index is 1.81. The van der Waals surface area contributed by atoms with Crippen LogP contribution in [0.4, 0.5) is 5.69 Å². The molecule has 22 heavy (non-hydrogen) atoms. The highest BCUT2D eigenvalue weighted by Crippen LogP contribution is 2.25. The molecule has 2 aromatic carbocycles. The van der Waals surface area contributed by atoms with E-state index >= 15 is 0 Å². The number of thioether (sulfide) groups is 2. The Hall–Kier alpha value is -0.810. The summed E-state index contributed by atoms with van der Waals surface area (Å²) in [5.74, 6) is 1.08. The summed E-state index contributed by atoms with van der Waals surface area (Å²) in [7, 11) is 0. The van der Waals surface area contributed by atoms with Gasteiger partial charge >= 0.3 is 0 Å². The van der Waals surface area contributed by atoms with Crippen molar-refractivity contribution in [3.05, 3.63) is 58.1 Å². The normalized spacial score (nSPS) is 10.5. The molecule has 116 valence electrons. The summed E-state index contributed by atoms with van der Waals surface area (Å²) in [4.78, 5) is 13.2. The summed E-state index contributed by atoms with van der Waals surface area (Å²) >= 11 is 15.2. The van der Waals surface area contributed by atoms with E-state index in [9.17, 15) is 4.79 Å². The molecule has 0 bridgehead atoms. The maximum Gasteiger partial charge on any atom is 0.234 e. The average molecular weight is 372 g/mol. The number of anilines is 1. The molecule has 0 saturated heterocycles. The number of hydrogen-bond acceptors (Lipinski definition) is 3. The molecule has 0 spiro atoms. The fraction of sp³-hybridized carbons (Fsp3) is 0.188. The summed E-state index contributed by atoms with van der Waals surface area (Å²) < 4.78 is 0. The molecule has 0 aliphatic rings. The van der Waals surface area contributed by atoms with Crippen molar-refractivity contribution in [2.24, 2.45) is 0 Å². The van der Waals surface area contributed by atoms with E-state index in [2.05, 4.69) is 35.8 Å². The van der Waals surface area contributed by atoms with Gasteiger partial charge in [0.25, 0.3) is 0 Å². The molecule has 6 heteroatoms. The highest BCUT2D eigenvalue weighted by molar-refractivity contribution is 7.99. The van der Waals surface area contributed by atoms with Gasteiger partial charge < -0.3 is 5.32 Å². The van der Waals surface area contributed by atoms with Crippen molar-refractivity contribution >= 4 is 58.3 Å². The van der Waals surface area contributed by atoms with Gasteiger partial charge in [0.1, 0.15) is 0 Å². The first-order chi connectivity index (χ1) is 10.6. The van der Waals surface area contributed by atoms with Crippen molar-refractivity contribution in [2.75, 3.05) is 17.3 Å². The summed E-state index contributed by atoms with van der Waals surface area (Å²) in [6, 6.07) is 13.4. The van der Waals surface area contributed by atoms with Crippen LogP contribution in [0.2, 0.25) is 10.0 Å². The van der Waals surface area contributed by atoms with E-state index in [-0.39, 0.29) is 5.91 Å². The molecular weight excluding hydrogens is 357 g/mol. The van der Waals surface area contributed by atoms with Gasteiger partial charge in [-0.1, -0.05) is 35.3 Å². The predicted molar refractivity (Wildman–Crippen MR) is 99.5 cm³/mol. The van der Waals surface area contributed by atoms with Crippen molar-refractivity contribution in [3.8, 4) is 0 Å². The molecule has 0 aliphatic carbocycles. The molecule has 0 heterocycles. The van der Waals surface area contributed by atoms with Crippen LogP contribution in [-0.4, -0.2) is 17.9 Å². The minimum Gasteiger partial charge on any atom is -0.324 e. The lowest BCUT2D eigenvalue weighted by Gasteiger charge is -2.08. The van der Waals surface area contributed by atoms with E-state index in [0.29, 0.717) is 21.5 Å². The first-order valence-electron chi connectivity index (χ1n) is 6.54. The van der Waals surface area contributed by atoms with Gasteiger partial charge in [0.2, 0.25) is 5.91 Å². The van der Waals surface area contributed by atoms with Crippen molar-refractivity contribution in [1.82, 2.24) is 0 Å². The third kappa shape index (κ3) is 5.43. The fourth-order valence-electron chi connectivity index (χ4n) is 1.76. The van der Waals surface area contributed by atoms with Gasteiger partial charge in [0.15, 0.2) is 0 Å². The molecular formula is C16H15Cl2NOS2. The summed E-state index contributed by atoms with van der Waals surface area (Å²) in [6.07, 6.45) is 2.05. The van der Waals surface area contributed by atoms with Crippen LogP contribution in [0.5, 0.6) is 0 Å². The second kappa shape index (κ2) is 8.73. The number of carbonyl (C=O) groups is 1. The number of benzene rings is 2. The maximum absolute atomic E-state index is 11.9. The van der Waals surface area contributed by atoms with Crippen LogP contribution in [0.1, 0.15) is 5.56 Å². The number of amides is 1. The molecule has 2 nitrogen and oxygen atoms in total. The number of hydrogen-bond donors (Lipinski definition) is 1. The van der Waals surface area contributed by atoms with E-state index < -0.39 is 0 Å². The van der Waals surface area contributed by atoms with Gasteiger partial charge in [-0.15, -0.1) is 23.5 Å². The Bertz CT molecular complexity index is 647. The van der Waals surface area contributed by atoms with Crippen molar-refractivity contribution in [1.29, 1.82) is 0 Å². The third-order valence-electron chi connectivity index (χ3n) is 2.86. The van der Waals surface area contributed by atoms with E-state index in [0.717, 1.165) is 5.75 Å². The lowest BCUT2D eigenvalue weighted by molar-refractivity contribution is -0.113. The van der Waals surface area contributed by atoms with Crippen LogP contribution in [0.15, 0.2) is 47.4 Å². The molecule has 0 fully saturated rings.